The number of halogens is 2. The third-order valence-electron chi connectivity index (χ3n) is 4.91. The van der Waals surface area contributed by atoms with E-state index in [1.807, 2.05) is 11.0 Å². The molecule has 7 nitrogen and oxygen atoms in total. The predicted molar refractivity (Wildman–Crippen MR) is 110 cm³/mol. The number of non-ortho nitro benzene ring substituents is 1. The van der Waals surface area contributed by atoms with Crippen LogP contribution in [0.25, 0.3) is 0 Å². The number of carbonyl (C=O) groups is 1. The maximum atomic E-state index is 13.9. The first-order valence-electron chi connectivity index (χ1n) is 9.39. The van der Waals surface area contributed by atoms with E-state index in [1.54, 1.807) is 12.1 Å². The van der Waals surface area contributed by atoms with Crippen molar-refractivity contribution in [1.82, 2.24) is 10.2 Å². The highest BCUT2D eigenvalue weighted by Gasteiger charge is 2.19. The minimum Gasteiger partial charge on any atom is -0.367 e. The Kier molecular flexibility index (Phi) is 7.00. The molecule has 0 atom stereocenters. The minimum absolute atomic E-state index is 0.0565. The van der Waals surface area contributed by atoms with Crippen LogP contribution in [0.3, 0.4) is 0 Å². The van der Waals surface area contributed by atoms with Crippen molar-refractivity contribution in [3.63, 3.8) is 0 Å². The molecule has 1 aliphatic heterocycles. The first-order chi connectivity index (χ1) is 14.0. The van der Waals surface area contributed by atoms with E-state index in [4.69, 9.17) is 11.6 Å². The summed E-state index contributed by atoms with van der Waals surface area (Å²) >= 11 is 5.97. The lowest BCUT2D eigenvalue weighted by Crippen LogP contribution is -2.47. The van der Waals surface area contributed by atoms with Crippen molar-refractivity contribution in [2.45, 2.75) is 6.42 Å². The van der Waals surface area contributed by atoms with Crippen LogP contribution < -0.4 is 10.2 Å². The molecule has 0 saturated carbocycles. The van der Waals surface area contributed by atoms with Crippen molar-refractivity contribution in [2.24, 2.45) is 0 Å². The molecule has 1 saturated heterocycles. The van der Waals surface area contributed by atoms with Gasteiger partial charge in [-0.15, -0.1) is 0 Å². The molecule has 0 bridgehead atoms. The highest BCUT2D eigenvalue weighted by atomic mass is 35.5. The molecular formula is C20H22ClFN4O3. The second-order valence-corrected chi connectivity index (χ2v) is 7.22. The average molecular weight is 421 g/mol. The molecule has 1 amide bonds. The van der Waals surface area contributed by atoms with Crippen molar-refractivity contribution >= 4 is 28.9 Å². The lowest BCUT2D eigenvalue weighted by molar-refractivity contribution is -0.384. The molecule has 154 valence electrons. The molecule has 1 fully saturated rings. The highest BCUT2D eigenvalue weighted by Crippen LogP contribution is 2.22. The van der Waals surface area contributed by atoms with Crippen LogP contribution in [-0.2, 0) is 0 Å². The lowest BCUT2D eigenvalue weighted by atomic mass is 10.2. The van der Waals surface area contributed by atoms with Gasteiger partial charge in [0, 0.05) is 44.9 Å². The smallest absolute Gasteiger partial charge is 0.270 e. The number of rotatable bonds is 7. The van der Waals surface area contributed by atoms with Gasteiger partial charge in [-0.3, -0.25) is 19.8 Å². The fraction of sp³-hybridized carbons (Fsp3) is 0.350. The van der Waals surface area contributed by atoms with Crippen LogP contribution in [0.4, 0.5) is 15.8 Å². The van der Waals surface area contributed by atoms with Gasteiger partial charge in [-0.1, -0.05) is 23.7 Å². The standard InChI is InChI=1S/C20H22ClFN4O3/c21-17-14-15(26(28)29)6-7-16(17)20(27)23-8-3-9-24-10-12-25(13-11-24)19-5-2-1-4-18(19)22/h1-2,4-7,14H,3,8-13H2,(H,23,27). The van der Waals surface area contributed by atoms with Gasteiger partial charge in [-0.05, 0) is 31.2 Å². The highest BCUT2D eigenvalue weighted by molar-refractivity contribution is 6.34. The van der Waals surface area contributed by atoms with Crippen LogP contribution >= 0.6 is 11.6 Å². The number of nitrogens with one attached hydrogen (secondary N) is 1. The van der Waals surface area contributed by atoms with Gasteiger partial charge in [0.05, 0.1) is 21.2 Å². The van der Waals surface area contributed by atoms with Gasteiger partial charge < -0.3 is 10.2 Å². The van der Waals surface area contributed by atoms with Gasteiger partial charge in [0.25, 0.3) is 11.6 Å². The molecule has 2 aromatic carbocycles. The first kappa shape index (κ1) is 21.0. The van der Waals surface area contributed by atoms with Gasteiger partial charge in [0.2, 0.25) is 0 Å². The van der Waals surface area contributed by atoms with Crippen LogP contribution in [0.1, 0.15) is 16.8 Å². The average Bonchev–Trinajstić information content (AvgIpc) is 2.72. The van der Waals surface area contributed by atoms with Crippen molar-refractivity contribution < 1.29 is 14.1 Å². The Labute approximate surface area is 173 Å². The molecule has 0 aliphatic carbocycles. The molecule has 0 unspecified atom stereocenters. The summed E-state index contributed by atoms with van der Waals surface area (Å²) in [6, 6.07) is 10.6. The lowest BCUT2D eigenvalue weighted by Gasteiger charge is -2.36. The number of hydrogen-bond acceptors (Lipinski definition) is 5. The molecular weight excluding hydrogens is 399 g/mol. The fourth-order valence-corrected chi connectivity index (χ4v) is 3.58. The van der Waals surface area contributed by atoms with Crippen LogP contribution in [0, 0.1) is 15.9 Å². The third kappa shape index (κ3) is 5.42. The Balaban J connectivity index is 1.40. The third-order valence-corrected chi connectivity index (χ3v) is 5.22. The number of benzene rings is 2. The van der Waals surface area contributed by atoms with Gasteiger partial charge in [0.1, 0.15) is 5.82 Å². The zero-order valence-electron chi connectivity index (χ0n) is 15.8. The zero-order valence-corrected chi connectivity index (χ0v) is 16.6. The number of piperazine rings is 1. The normalized spacial score (nSPS) is 14.6. The Bertz CT molecular complexity index is 888. The topological polar surface area (TPSA) is 78.7 Å². The molecule has 1 aliphatic rings. The molecule has 1 N–H and O–H groups in total. The van der Waals surface area contributed by atoms with Gasteiger partial charge in [-0.2, -0.15) is 0 Å². The number of nitrogens with zero attached hydrogens (tertiary/aromatic N) is 3. The van der Waals surface area contributed by atoms with E-state index < -0.39 is 4.92 Å². The molecule has 0 aromatic heterocycles. The quantitative estimate of drug-likeness (QED) is 0.422. The summed E-state index contributed by atoms with van der Waals surface area (Å²) in [6.45, 7) is 4.46. The van der Waals surface area contributed by atoms with E-state index in [1.165, 1.54) is 24.3 Å². The van der Waals surface area contributed by atoms with Crippen LogP contribution in [-0.4, -0.2) is 55.0 Å². The fourth-order valence-electron chi connectivity index (χ4n) is 3.32. The number of hydrogen-bond donors (Lipinski definition) is 1. The van der Waals surface area contributed by atoms with Crippen LogP contribution in [0.15, 0.2) is 42.5 Å². The zero-order chi connectivity index (χ0) is 20.8. The summed E-state index contributed by atoms with van der Waals surface area (Å²) in [5.74, 6) is -0.553. The maximum absolute atomic E-state index is 13.9. The molecule has 3 rings (SSSR count). The summed E-state index contributed by atoms with van der Waals surface area (Å²) in [4.78, 5) is 26.7. The summed E-state index contributed by atoms with van der Waals surface area (Å²) in [6.07, 6.45) is 0.760. The van der Waals surface area contributed by atoms with Gasteiger partial charge in [-0.25, -0.2) is 4.39 Å². The van der Waals surface area contributed by atoms with Crippen molar-refractivity contribution in [2.75, 3.05) is 44.2 Å². The van der Waals surface area contributed by atoms with Crippen LogP contribution in [0.2, 0.25) is 5.02 Å². The second kappa shape index (κ2) is 9.67. The number of nitro groups is 1. The number of nitro benzene ring substituents is 1. The Morgan fingerprint density at radius 3 is 2.55 bits per heavy atom. The minimum atomic E-state index is -0.556. The number of para-hydroxylation sites is 1. The van der Waals surface area contributed by atoms with E-state index in [0.29, 0.717) is 12.2 Å². The Hall–Kier alpha value is -2.71. The summed E-state index contributed by atoms with van der Waals surface area (Å²) < 4.78 is 13.9. The van der Waals surface area contributed by atoms with Crippen molar-refractivity contribution in [1.29, 1.82) is 0 Å². The van der Waals surface area contributed by atoms with Crippen LogP contribution in [0.5, 0.6) is 0 Å². The Morgan fingerprint density at radius 2 is 1.90 bits per heavy atom. The van der Waals surface area contributed by atoms with E-state index in [9.17, 15) is 19.3 Å². The maximum Gasteiger partial charge on any atom is 0.270 e. The molecule has 1 heterocycles. The van der Waals surface area contributed by atoms with E-state index in [2.05, 4.69) is 10.2 Å². The van der Waals surface area contributed by atoms with E-state index >= 15 is 0 Å². The SMILES string of the molecule is O=C(NCCCN1CCN(c2ccccc2F)CC1)c1ccc([N+](=O)[O-])cc1Cl. The van der Waals surface area contributed by atoms with Crippen molar-refractivity contribution in [3.8, 4) is 0 Å². The molecule has 0 spiro atoms. The summed E-state index contributed by atoms with van der Waals surface area (Å²) in [7, 11) is 0. The second-order valence-electron chi connectivity index (χ2n) is 6.81. The summed E-state index contributed by atoms with van der Waals surface area (Å²) in [5.41, 5.74) is 0.705. The van der Waals surface area contributed by atoms with Crippen molar-refractivity contribution in [3.05, 3.63) is 69.0 Å². The number of carbonyl (C=O) groups excluding carboxylic acids is 1. The predicted octanol–water partition coefficient (Wildman–Crippen LogP) is 3.33. The number of amides is 1. The Morgan fingerprint density at radius 1 is 1.17 bits per heavy atom. The van der Waals surface area contributed by atoms with E-state index in [-0.39, 0.29) is 28.0 Å². The van der Waals surface area contributed by atoms with E-state index in [0.717, 1.165) is 39.1 Å². The first-order valence-corrected chi connectivity index (χ1v) is 9.77. The molecule has 9 heteroatoms. The molecule has 29 heavy (non-hydrogen) atoms. The molecule has 0 radical (unpaired) electrons. The largest absolute Gasteiger partial charge is 0.367 e. The number of anilines is 1. The summed E-state index contributed by atoms with van der Waals surface area (Å²) in [5, 5.41) is 13.6. The van der Waals surface area contributed by atoms with Gasteiger partial charge >= 0.3 is 0 Å². The molecule has 2 aromatic rings. The monoisotopic (exact) mass is 420 g/mol. The van der Waals surface area contributed by atoms with Gasteiger partial charge in [0.15, 0.2) is 0 Å².